The summed E-state index contributed by atoms with van der Waals surface area (Å²) in [5.41, 5.74) is 0.960. The van der Waals surface area contributed by atoms with Crippen LogP contribution in [0, 0.1) is 0 Å². The van der Waals surface area contributed by atoms with Gasteiger partial charge in [-0.05, 0) is 12.0 Å². The smallest absolute Gasteiger partial charge is 0.226 e. The number of ketones is 2. The summed E-state index contributed by atoms with van der Waals surface area (Å²) in [6.07, 6.45) is 9.24. The van der Waals surface area contributed by atoms with Crippen molar-refractivity contribution in [3.05, 3.63) is 23.8 Å². The van der Waals surface area contributed by atoms with Gasteiger partial charge in [0.1, 0.15) is 6.04 Å². The van der Waals surface area contributed by atoms with Gasteiger partial charge < -0.3 is 0 Å². The molecule has 1 unspecified atom stereocenters. The van der Waals surface area contributed by atoms with E-state index in [9.17, 15) is 9.59 Å². The fraction of sp³-hybridized carbons (Fsp3) is 0.364. The molecule has 2 rings (SSSR count). The van der Waals surface area contributed by atoms with E-state index in [2.05, 4.69) is 4.99 Å². The Morgan fingerprint density at radius 3 is 3.00 bits per heavy atom. The Hall–Kier alpha value is -1.51. The van der Waals surface area contributed by atoms with Crippen molar-refractivity contribution in [2.75, 3.05) is 0 Å². The molecule has 1 fully saturated rings. The molecule has 1 atom stereocenters. The van der Waals surface area contributed by atoms with Crippen LogP contribution in [0.1, 0.15) is 19.3 Å². The van der Waals surface area contributed by atoms with Gasteiger partial charge in [0, 0.05) is 19.1 Å². The molecule has 3 nitrogen and oxygen atoms in total. The molecule has 3 heteroatoms. The number of hydrogen-bond acceptors (Lipinski definition) is 3. The summed E-state index contributed by atoms with van der Waals surface area (Å²) in [6.45, 7) is 0. The van der Waals surface area contributed by atoms with Crippen molar-refractivity contribution in [2.24, 2.45) is 4.99 Å². The number of hydrogen-bond donors (Lipinski definition) is 0. The minimum atomic E-state index is -0.527. The second-order valence-corrected chi connectivity index (χ2v) is 3.43. The van der Waals surface area contributed by atoms with Gasteiger partial charge in [0.25, 0.3) is 0 Å². The molecule has 0 aromatic rings. The lowest BCUT2D eigenvalue weighted by Gasteiger charge is -2.19. The predicted octanol–water partition coefficient (Wildman–Crippen LogP) is 1.24. The van der Waals surface area contributed by atoms with Gasteiger partial charge in [-0.3, -0.25) is 14.6 Å². The highest BCUT2D eigenvalue weighted by atomic mass is 16.2. The van der Waals surface area contributed by atoms with Gasteiger partial charge in [-0.1, -0.05) is 18.2 Å². The lowest BCUT2D eigenvalue weighted by atomic mass is 9.87. The van der Waals surface area contributed by atoms with Crippen LogP contribution in [0.3, 0.4) is 0 Å². The maximum absolute atomic E-state index is 11.5. The molecule has 72 valence electrons. The van der Waals surface area contributed by atoms with Gasteiger partial charge in [0.15, 0.2) is 0 Å². The maximum Gasteiger partial charge on any atom is 0.226 e. The lowest BCUT2D eigenvalue weighted by molar-refractivity contribution is -0.137. The van der Waals surface area contributed by atoms with Crippen molar-refractivity contribution >= 4 is 17.8 Å². The van der Waals surface area contributed by atoms with E-state index in [0.717, 1.165) is 12.0 Å². The van der Waals surface area contributed by atoms with Gasteiger partial charge in [-0.25, -0.2) is 0 Å². The first kappa shape index (κ1) is 9.06. The normalized spacial score (nSPS) is 26.6. The molecule has 0 radical (unpaired) electrons. The number of Topliss-reactive ketones (excluding diaryl/α,β-unsaturated/α-hetero) is 2. The first-order chi connectivity index (χ1) is 6.79. The standard InChI is InChI=1S/C11H11NO2/c13-9-6-5-8-4-2-1-3-7-12-10(8)11(9)14/h1-2,4,7,10H,3,5-6H2. The van der Waals surface area contributed by atoms with Gasteiger partial charge in [0.05, 0.1) is 0 Å². The number of carbonyl (C=O) groups is 2. The van der Waals surface area contributed by atoms with E-state index in [1.807, 2.05) is 18.2 Å². The summed E-state index contributed by atoms with van der Waals surface area (Å²) < 4.78 is 0. The van der Waals surface area contributed by atoms with E-state index < -0.39 is 6.04 Å². The molecule has 0 saturated heterocycles. The summed E-state index contributed by atoms with van der Waals surface area (Å²) in [6, 6.07) is -0.527. The van der Waals surface area contributed by atoms with E-state index in [0.29, 0.717) is 12.8 Å². The highest BCUT2D eigenvalue weighted by Gasteiger charge is 2.32. The molecule has 0 amide bonds. The molecular formula is C11H11NO2. The SMILES string of the molecule is O=C1CCC2=CC=CCC=NC2C1=O. The van der Waals surface area contributed by atoms with Gasteiger partial charge in [0.2, 0.25) is 11.6 Å². The summed E-state index contributed by atoms with van der Waals surface area (Å²) in [5.74, 6) is -0.636. The Bertz CT molecular complexity index is 363. The van der Waals surface area contributed by atoms with Crippen LogP contribution in [-0.2, 0) is 9.59 Å². The zero-order valence-corrected chi connectivity index (χ0v) is 7.77. The van der Waals surface area contributed by atoms with Crippen LogP contribution >= 0.6 is 0 Å². The Morgan fingerprint density at radius 2 is 2.14 bits per heavy atom. The number of aliphatic imine (C=N–C) groups is 1. The topological polar surface area (TPSA) is 46.5 Å². The van der Waals surface area contributed by atoms with Crippen molar-refractivity contribution < 1.29 is 9.59 Å². The molecule has 0 aromatic carbocycles. The molecule has 0 spiro atoms. The summed E-state index contributed by atoms with van der Waals surface area (Å²) in [5, 5.41) is 0. The molecule has 0 N–H and O–H groups in total. The van der Waals surface area contributed by atoms with Crippen molar-refractivity contribution in [1.29, 1.82) is 0 Å². The van der Waals surface area contributed by atoms with Crippen molar-refractivity contribution in [3.8, 4) is 0 Å². The molecule has 14 heavy (non-hydrogen) atoms. The van der Waals surface area contributed by atoms with Gasteiger partial charge in [-0.15, -0.1) is 0 Å². The number of carbonyl (C=O) groups excluding carboxylic acids is 2. The summed E-state index contributed by atoms with van der Waals surface area (Å²) in [7, 11) is 0. The van der Waals surface area contributed by atoms with Crippen LogP contribution in [0.25, 0.3) is 0 Å². The number of allylic oxidation sites excluding steroid dienone is 3. The van der Waals surface area contributed by atoms with Gasteiger partial charge in [-0.2, -0.15) is 0 Å². The fourth-order valence-electron chi connectivity index (χ4n) is 1.67. The van der Waals surface area contributed by atoms with Gasteiger partial charge >= 0.3 is 0 Å². The largest absolute Gasteiger partial charge is 0.291 e. The molecule has 0 bridgehead atoms. The van der Waals surface area contributed by atoms with Crippen LogP contribution in [-0.4, -0.2) is 23.8 Å². The van der Waals surface area contributed by atoms with Crippen LogP contribution in [0.5, 0.6) is 0 Å². The third-order valence-electron chi connectivity index (χ3n) is 2.46. The van der Waals surface area contributed by atoms with Crippen LogP contribution in [0.15, 0.2) is 28.8 Å². The lowest BCUT2D eigenvalue weighted by Crippen LogP contribution is -2.33. The Balaban J connectivity index is 2.35. The predicted molar refractivity (Wildman–Crippen MR) is 53.4 cm³/mol. The Morgan fingerprint density at radius 1 is 1.29 bits per heavy atom. The molecular weight excluding hydrogens is 178 g/mol. The van der Waals surface area contributed by atoms with Crippen molar-refractivity contribution in [1.82, 2.24) is 0 Å². The minimum absolute atomic E-state index is 0.283. The summed E-state index contributed by atoms with van der Waals surface area (Å²) in [4.78, 5) is 26.8. The second kappa shape index (κ2) is 3.70. The number of fused-ring (bicyclic) bond motifs is 1. The second-order valence-electron chi connectivity index (χ2n) is 3.43. The molecule has 1 saturated carbocycles. The quantitative estimate of drug-likeness (QED) is 0.538. The van der Waals surface area contributed by atoms with E-state index in [1.165, 1.54) is 0 Å². The van der Waals surface area contributed by atoms with Crippen molar-refractivity contribution in [2.45, 2.75) is 25.3 Å². The van der Waals surface area contributed by atoms with Crippen LogP contribution in [0.2, 0.25) is 0 Å². The molecule has 1 aliphatic heterocycles. The van der Waals surface area contributed by atoms with Crippen molar-refractivity contribution in [3.63, 3.8) is 0 Å². The average molecular weight is 189 g/mol. The molecule has 2 aliphatic rings. The van der Waals surface area contributed by atoms with E-state index in [-0.39, 0.29) is 11.6 Å². The third kappa shape index (κ3) is 1.58. The third-order valence-corrected chi connectivity index (χ3v) is 2.46. The highest BCUT2D eigenvalue weighted by molar-refractivity contribution is 6.40. The average Bonchev–Trinajstić information content (AvgIpc) is 2.13. The zero-order chi connectivity index (χ0) is 9.97. The first-order valence-corrected chi connectivity index (χ1v) is 4.73. The monoisotopic (exact) mass is 189 g/mol. The van der Waals surface area contributed by atoms with E-state index in [1.54, 1.807) is 6.21 Å². The maximum atomic E-state index is 11.5. The zero-order valence-electron chi connectivity index (χ0n) is 7.77. The van der Waals surface area contributed by atoms with E-state index in [4.69, 9.17) is 0 Å². The summed E-state index contributed by atoms with van der Waals surface area (Å²) >= 11 is 0. The Kier molecular flexibility index (Phi) is 2.39. The highest BCUT2D eigenvalue weighted by Crippen LogP contribution is 2.22. The number of rotatable bonds is 0. The molecule has 1 heterocycles. The first-order valence-electron chi connectivity index (χ1n) is 4.73. The number of nitrogens with zero attached hydrogens (tertiary/aromatic N) is 1. The fourth-order valence-corrected chi connectivity index (χ4v) is 1.67. The Labute approximate surface area is 82.2 Å². The molecule has 0 aromatic heterocycles. The van der Waals surface area contributed by atoms with Crippen LogP contribution in [0.4, 0.5) is 0 Å². The molecule has 1 aliphatic carbocycles. The van der Waals surface area contributed by atoms with Crippen LogP contribution < -0.4 is 0 Å². The van der Waals surface area contributed by atoms with E-state index >= 15 is 0 Å². The minimum Gasteiger partial charge on any atom is -0.291 e.